The number of nitrogens with zero attached hydrogens (tertiary/aromatic N) is 1. The molecule has 7 nitrogen and oxygen atoms in total. The molecule has 1 fully saturated rings. The molecule has 0 bridgehead atoms. The summed E-state index contributed by atoms with van der Waals surface area (Å²) in [6.07, 6.45) is 3.65. The first-order chi connectivity index (χ1) is 12.5. The quantitative estimate of drug-likeness (QED) is 0.429. The van der Waals surface area contributed by atoms with Crippen molar-refractivity contribution in [2.45, 2.75) is 25.8 Å². The summed E-state index contributed by atoms with van der Waals surface area (Å²) in [4.78, 5) is 38.6. The van der Waals surface area contributed by atoms with Crippen molar-refractivity contribution in [2.75, 3.05) is 19.7 Å². The van der Waals surface area contributed by atoms with E-state index in [1.807, 2.05) is 24.4 Å². The zero-order valence-corrected chi connectivity index (χ0v) is 16.0. The number of nitrogens with one attached hydrogen (secondary N) is 2. The monoisotopic (exact) mass is 395 g/mol. The normalized spacial score (nSPS) is 17.0. The first kappa shape index (κ1) is 20.1. The summed E-state index contributed by atoms with van der Waals surface area (Å²) in [5, 5.41) is 7.32. The van der Waals surface area contributed by atoms with Crippen LogP contribution in [0.25, 0.3) is 6.08 Å². The number of amides is 2. The number of hydrogen-bond acceptors (Lipinski definition) is 6. The Morgan fingerprint density at radius 2 is 2.35 bits per heavy atom. The minimum absolute atomic E-state index is 0.118. The first-order valence-electron chi connectivity index (χ1n) is 8.27. The molecule has 1 aliphatic rings. The third-order valence-electron chi connectivity index (χ3n) is 3.59. The van der Waals surface area contributed by atoms with E-state index in [0.29, 0.717) is 26.1 Å². The molecule has 1 atom stereocenters. The number of esters is 1. The van der Waals surface area contributed by atoms with Crippen LogP contribution in [-0.4, -0.2) is 53.5 Å². The van der Waals surface area contributed by atoms with Crippen LogP contribution in [-0.2, 0) is 19.1 Å². The van der Waals surface area contributed by atoms with Gasteiger partial charge in [0.15, 0.2) is 5.11 Å². The number of rotatable bonds is 6. The molecule has 140 valence electrons. The molecule has 0 saturated carbocycles. The van der Waals surface area contributed by atoms with Crippen molar-refractivity contribution in [3.8, 4) is 0 Å². The van der Waals surface area contributed by atoms with Gasteiger partial charge in [0.05, 0.1) is 13.0 Å². The summed E-state index contributed by atoms with van der Waals surface area (Å²) in [5.74, 6) is -1.16. The van der Waals surface area contributed by atoms with Crippen molar-refractivity contribution < 1.29 is 19.1 Å². The Morgan fingerprint density at radius 1 is 1.54 bits per heavy atom. The topological polar surface area (TPSA) is 87.7 Å². The van der Waals surface area contributed by atoms with Crippen LogP contribution in [0.1, 0.15) is 24.6 Å². The highest BCUT2D eigenvalue weighted by Crippen LogP contribution is 2.12. The van der Waals surface area contributed by atoms with E-state index in [-0.39, 0.29) is 23.3 Å². The fraction of sp³-hybridized carbons (Fsp3) is 0.412. The fourth-order valence-corrected chi connectivity index (χ4v) is 3.29. The van der Waals surface area contributed by atoms with E-state index in [1.54, 1.807) is 11.0 Å². The van der Waals surface area contributed by atoms with Gasteiger partial charge < -0.3 is 15.0 Å². The molecule has 2 heterocycles. The molecule has 1 aromatic rings. The predicted molar refractivity (Wildman–Crippen MR) is 103 cm³/mol. The maximum atomic E-state index is 12.1. The van der Waals surface area contributed by atoms with Gasteiger partial charge >= 0.3 is 5.97 Å². The Bertz CT molecular complexity index is 688. The molecule has 1 aliphatic heterocycles. The van der Waals surface area contributed by atoms with Crippen LogP contribution in [0.5, 0.6) is 0 Å². The third kappa shape index (κ3) is 5.92. The lowest BCUT2D eigenvalue weighted by molar-refractivity contribution is -0.147. The molecule has 0 aliphatic carbocycles. The van der Waals surface area contributed by atoms with E-state index >= 15 is 0 Å². The van der Waals surface area contributed by atoms with E-state index in [2.05, 4.69) is 10.6 Å². The second-order valence-corrected chi connectivity index (χ2v) is 6.93. The maximum absolute atomic E-state index is 12.1. The molecule has 0 radical (unpaired) electrons. The summed E-state index contributed by atoms with van der Waals surface area (Å²) in [5.41, 5.74) is 0. The summed E-state index contributed by atoms with van der Waals surface area (Å²) >= 11 is 6.78. The minimum Gasteiger partial charge on any atom is -0.466 e. The van der Waals surface area contributed by atoms with Crippen molar-refractivity contribution in [1.82, 2.24) is 15.5 Å². The lowest BCUT2D eigenvalue weighted by atomic mass is 10.1. The Morgan fingerprint density at radius 3 is 3.04 bits per heavy atom. The molecule has 1 aromatic heterocycles. The van der Waals surface area contributed by atoms with Gasteiger partial charge in [0.2, 0.25) is 11.8 Å². The molecule has 26 heavy (non-hydrogen) atoms. The second-order valence-electron chi connectivity index (χ2n) is 5.57. The molecule has 2 N–H and O–H groups in total. The number of thiocarbonyl (C=S) groups is 1. The minimum atomic E-state index is -0.790. The number of ether oxygens (including phenoxy) is 1. The SMILES string of the molecule is CCCOC(=O)CC1C(=O)NCCN1C(=S)NC(=O)/C=C/c1cccs1. The molecule has 2 rings (SSSR count). The van der Waals surface area contributed by atoms with Gasteiger partial charge in [-0.25, -0.2) is 0 Å². The Kier molecular flexibility index (Phi) is 7.73. The third-order valence-corrected chi connectivity index (χ3v) is 4.77. The zero-order chi connectivity index (χ0) is 18.9. The predicted octanol–water partition coefficient (Wildman–Crippen LogP) is 1.31. The average Bonchev–Trinajstić information content (AvgIpc) is 3.13. The Labute approximate surface area is 161 Å². The van der Waals surface area contributed by atoms with Gasteiger partial charge in [-0.05, 0) is 36.2 Å². The van der Waals surface area contributed by atoms with Crippen LogP contribution in [0.2, 0.25) is 0 Å². The van der Waals surface area contributed by atoms with Crippen molar-refractivity contribution in [2.24, 2.45) is 0 Å². The molecule has 0 spiro atoms. The van der Waals surface area contributed by atoms with Crippen LogP contribution in [0, 0.1) is 0 Å². The van der Waals surface area contributed by atoms with Crippen LogP contribution in [0.4, 0.5) is 0 Å². The highest BCUT2D eigenvalue weighted by molar-refractivity contribution is 7.80. The highest BCUT2D eigenvalue weighted by Gasteiger charge is 2.34. The lowest BCUT2D eigenvalue weighted by Gasteiger charge is -2.36. The van der Waals surface area contributed by atoms with Crippen molar-refractivity contribution >= 4 is 52.5 Å². The molecule has 0 aromatic carbocycles. The van der Waals surface area contributed by atoms with E-state index in [4.69, 9.17) is 17.0 Å². The first-order valence-corrected chi connectivity index (χ1v) is 9.56. The van der Waals surface area contributed by atoms with Crippen molar-refractivity contribution in [1.29, 1.82) is 0 Å². The largest absolute Gasteiger partial charge is 0.466 e. The van der Waals surface area contributed by atoms with Gasteiger partial charge in [0, 0.05) is 24.0 Å². The van der Waals surface area contributed by atoms with Crippen molar-refractivity contribution in [3.05, 3.63) is 28.5 Å². The van der Waals surface area contributed by atoms with Gasteiger partial charge in [0.25, 0.3) is 0 Å². The zero-order valence-electron chi connectivity index (χ0n) is 14.4. The number of thiophene rings is 1. The van der Waals surface area contributed by atoms with E-state index < -0.39 is 12.0 Å². The summed E-state index contributed by atoms with van der Waals surface area (Å²) < 4.78 is 5.05. The Hall–Kier alpha value is -2.26. The van der Waals surface area contributed by atoms with Crippen LogP contribution >= 0.6 is 23.6 Å². The molecular weight excluding hydrogens is 374 g/mol. The molecule has 1 unspecified atom stereocenters. The maximum Gasteiger partial charge on any atom is 0.308 e. The summed E-state index contributed by atoms with van der Waals surface area (Å²) in [6.45, 7) is 2.99. The fourth-order valence-electron chi connectivity index (χ4n) is 2.36. The van der Waals surface area contributed by atoms with Gasteiger partial charge in [-0.2, -0.15) is 0 Å². The number of carbonyl (C=O) groups excluding carboxylic acids is 3. The van der Waals surface area contributed by atoms with E-state index in [9.17, 15) is 14.4 Å². The second kappa shape index (κ2) is 10.0. The van der Waals surface area contributed by atoms with Gasteiger partial charge in [0.1, 0.15) is 6.04 Å². The average molecular weight is 396 g/mol. The van der Waals surface area contributed by atoms with Crippen LogP contribution in [0.15, 0.2) is 23.6 Å². The summed E-state index contributed by atoms with van der Waals surface area (Å²) in [6, 6.07) is 2.99. The van der Waals surface area contributed by atoms with Gasteiger partial charge in [-0.1, -0.05) is 13.0 Å². The van der Waals surface area contributed by atoms with Gasteiger partial charge in [-0.3, -0.25) is 19.7 Å². The molecule has 9 heteroatoms. The summed E-state index contributed by atoms with van der Waals surface area (Å²) in [7, 11) is 0. The lowest BCUT2D eigenvalue weighted by Crippen LogP contribution is -2.60. The Balaban J connectivity index is 1.96. The van der Waals surface area contributed by atoms with Crippen LogP contribution in [0.3, 0.4) is 0 Å². The smallest absolute Gasteiger partial charge is 0.308 e. The van der Waals surface area contributed by atoms with E-state index in [0.717, 1.165) is 4.88 Å². The molecular formula is C17H21N3O4S2. The number of carbonyl (C=O) groups is 3. The number of piperazine rings is 1. The van der Waals surface area contributed by atoms with E-state index in [1.165, 1.54) is 17.4 Å². The molecule has 1 saturated heterocycles. The number of hydrogen-bond donors (Lipinski definition) is 2. The van der Waals surface area contributed by atoms with Crippen molar-refractivity contribution in [3.63, 3.8) is 0 Å². The van der Waals surface area contributed by atoms with Crippen LogP contribution < -0.4 is 10.6 Å². The standard InChI is InChI=1S/C17H21N3O4S2/c1-2-9-24-15(22)11-13-16(23)18-7-8-20(13)17(25)19-14(21)6-5-12-4-3-10-26-12/h3-6,10,13H,2,7-9,11H2,1H3,(H,18,23)(H,19,21,25)/b6-5+. The van der Waals surface area contributed by atoms with Gasteiger partial charge in [-0.15, -0.1) is 11.3 Å². The molecule has 2 amide bonds. The highest BCUT2D eigenvalue weighted by atomic mass is 32.1.